The molecule has 0 fully saturated rings. The van der Waals surface area contributed by atoms with Crippen molar-refractivity contribution in [3.63, 3.8) is 0 Å². The molecule has 0 unspecified atom stereocenters. The summed E-state index contributed by atoms with van der Waals surface area (Å²) in [6, 6.07) is 6.81. The van der Waals surface area contributed by atoms with Crippen LogP contribution in [0.2, 0.25) is 0 Å². The van der Waals surface area contributed by atoms with E-state index in [4.69, 9.17) is 16.7 Å². The number of rotatable bonds is 4. The van der Waals surface area contributed by atoms with E-state index in [1.807, 2.05) is 6.92 Å². The molecule has 1 aromatic carbocycles. The third kappa shape index (κ3) is 3.98. The number of benzene rings is 1. The van der Waals surface area contributed by atoms with E-state index >= 15 is 0 Å². The van der Waals surface area contributed by atoms with Crippen LogP contribution < -0.4 is 0 Å². The quantitative estimate of drug-likeness (QED) is 0.820. The minimum absolute atomic E-state index is 0.309. The number of aromatic carboxylic acids is 1. The van der Waals surface area contributed by atoms with Gasteiger partial charge in [-0.1, -0.05) is 17.2 Å². The van der Waals surface area contributed by atoms with Crippen LogP contribution in [0.25, 0.3) is 0 Å². The van der Waals surface area contributed by atoms with Crippen molar-refractivity contribution in [1.82, 2.24) is 0 Å². The number of halogens is 1. The Bertz CT molecular complexity index is 371. The largest absolute Gasteiger partial charge is 0.478 e. The maximum absolute atomic E-state index is 10.6. The molecule has 0 radical (unpaired) electrons. The van der Waals surface area contributed by atoms with E-state index in [1.165, 1.54) is 0 Å². The van der Waals surface area contributed by atoms with Gasteiger partial charge in [0.15, 0.2) is 0 Å². The molecule has 15 heavy (non-hydrogen) atoms. The third-order valence-electron chi connectivity index (χ3n) is 1.75. The van der Waals surface area contributed by atoms with Crippen LogP contribution >= 0.6 is 23.4 Å². The van der Waals surface area contributed by atoms with E-state index in [0.717, 1.165) is 16.2 Å². The van der Waals surface area contributed by atoms with Gasteiger partial charge in [-0.05, 0) is 31.2 Å². The number of carbonyl (C=O) groups is 1. The van der Waals surface area contributed by atoms with Crippen molar-refractivity contribution in [2.24, 2.45) is 0 Å². The zero-order chi connectivity index (χ0) is 11.3. The molecule has 0 saturated heterocycles. The molecule has 1 N–H and O–H groups in total. The molecule has 0 bridgehead atoms. The second-order valence-electron chi connectivity index (χ2n) is 3.07. The lowest BCUT2D eigenvalue weighted by Gasteiger charge is -2.01. The molecule has 0 saturated carbocycles. The molecule has 80 valence electrons. The van der Waals surface area contributed by atoms with Crippen molar-refractivity contribution >= 4 is 29.3 Å². The molecular weight excluding hydrogens is 232 g/mol. The monoisotopic (exact) mass is 242 g/mol. The van der Waals surface area contributed by atoms with Gasteiger partial charge in [-0.25, -0.2) is 4.79 Å². The minimum Gasteiger partial charge on any atom is -0.478 e. The lowest BCUT2D eigenvalue weighted by molar-refractivity contribution is 0.0697. The lowest BCUT2D eigenvalue weighted by atomic mass is 10.2. The van der Waals surface area contributed by atoms with Gasteiger partial charge in [-0.3, -0.25) is 0 Å². The van der Waals surface area contributed by atoms with Crippen molar-refractivity contribution < 1.29 is 9.90 Å². The van der Waals surface area contributed by atoms with Crippen LogP contribution in [-0.4, -0.2) is 16.8 Å². The minimum atomic E-state index is -0.900. The SMILES string of the molecule is C/C(=C/Cl)CSc1ccc(C(=O)O)cc1. The molecule has 0 amide bonds. The maximum atomic E-state index is 10.6. The van der Waals surface area contributed by atoms with Gasteiger partial charge in [0.25, 0.3) is 0 Å². The van der Waals surface area contributed by atoms with E-state index in [1.54, 1.807) is 41.6 Å². The highest BCUT2D eigenvalue weighted by Gasteiger charge is 2.01. The van der Waals surface area contributed by atoms with Crippen LogP contribution in [0.4, 0.5) is 0 Å². The van der Waals surface area contributed by atoms with Gasteiger partial charge in [-0.2, -0.15) is 0 Å². The standard InChI is InChI=1S/C11H11ClO2S/c1-8(6-12)7-15-10-4-2-9(3-5-10)11(13)14/h2-6H,7H2,1H3,(H,13,14)/b8-6-. The summed E-state index contributed by atoms with van der Waals surface area (Å²) in [4.78, 5) is 11.6. The van der Waals surface area contributed by atoms with Gasteiger partial charge < -0.3 is 5.11 Å². The maximum Gasteiger partial charge on any atom is 0.335 e. The van der Waals surface area contributed by atoms with Crippen LogP contribution in [0.15, 0.2) is 40.3 Å². The molecule has 1 aromatic rings. The van der Waals surface area contributed by atoms with Crippen LogP contribution in [0.1, 0.15) is 17.3 Å². The van der Waals surface area contributed by atoms with Gasteiger partial charge in [0.2, 0.25) is 0 Å². The first kappa shape index (κ1) is 12.1. The second kappa shape index (κ2) is 5.83. The fourth-order valence-electron chi connectivity index (χ4n) is 0.922. The van der Waals surface area contributed by atoms with Gasteiger partial charge in [-0.15, -0.1) is 11.8 Å². The molecule has 4 heteroatoms. The van der Waals surface area contributed by atoms with Crippen molar-refractivity contribution in [2.45, 2.75) is 11.8 Å². The summed E-state index contributed by atoms with van der Waals surface area (Å²) in [5.74, 6) is -0.0842. The highest BCUT2D eigenvalue weighted by Crippen LogP contribution is 2.21. The molecular formula is C11H11ClO2S. The third-order valence-corrected chi connectivity index (χ3v) is 3.33. The predicted molar refractivity (Wildman–Crippen MR) is 63.7 cm³/mol. The summed E-state index contributed by atoms with van der Waals surface area (Å²) < 4.78 is 0. The summed E-state index contributed by atoms with van der Waals surface area (Å²) in [5, 5.41) is 8.70. The van der Waals surface area contributed by atoms with Crippen molar-refractivity contribution in [2.75, 3.05) is 5.75 Å². The number of thioether (sulfide) groups is 1. The topological polar surface area (TPSA) is 37.3 Å². The number of carboxylic acid groups (broad SMARTS) is 1. The Balaban J connectivity index is 2.61. The van der Waals surface area contributed by atoms with Gasteiger partial charge >= 0.3 is 5.97 Å². The highest BCUT2D eigenvalue weighted by molar-refractivity contribution is 7.99. The lowest BCUT2D eigenvalue weighted by Crippen LogP contribution is -1.94. The Labute approximate surface area is 97.9 Å². The molecule has 0 aliphatic carbocycles. The molecule has 0 aromatic heterocycles. The predicted octanol–water partition coefficient (Wildman–Crippen LogP) is 3.62. The average Bonchev–Trinajstić information content (AvgIpc) is 2.26. The van der Waals surface area contributed by atoms with E-state index < -0.39 is 5.97 Å². The number of carboxylic acids is 1. The van der Waals surface area contributed by atoms with Gasteiger partial charge in [0.1, 0.15) is 0 Å². The van der Waals surface area contributed by atoms with E-state index in [-0.39, 0.29) is 0 Å². The summed E-state index contributed by atoms with van der Waals surface area (Å²) in [7, 11) is 0. The zero-order valence-electron chi connectivity index (χ0n) is 8.24. The van der Waals surface area contributed by atoms with Gasteiger partial charge in [0, 0.05) is 16.2 Å². The molecule has 0 spiro atoms. The van der Waals surface area contributed by atoms with Crippen molar-refractivity contribution in [3.8, 4) is 0 Å². The molecule has 0 aliphatic heterocycles. The summed E-state index contributed by atoms with van der Waals surface area (Å²) in [6.07, 6.45) is 0. The highest BCUT2D eigenvalue weighted by atomic mass is 35.5. The average molecular weight is 243 g/mol. The Morgan fingerprint density at radius 2 is 2.07 bits per heavy atom. The number of hydrogen-bond donors (Lipinski definition) is 1. The van der Waals surface area contributed by atoms with Crippen LogP contribution in [0, 0.1) is 0 Å². The normalized spacial score (nSPS) is 11.5. The van der Waals surface area contributed by atoms with Crippen molar-refractivity contribution in [3.05, 3.63) is 40.9 Å². The Morgan fingerprint density at radius 1 is 1.47 bits per heavy atom. The fraction of sp³-hybridized carbons (Fsp3) is 0.182. The smallest absolute Gasteiger partial charge is 0.335 e. The molecule has 0 aliphatic rings. The summed E-state index contributed by atoms with van der Waals surface area (Å²) >= 11 is 7.16. The Hall–Kier alpha value is -0.930. The Morgan fingerprint density at radius 3 is 2.53 bits per heavy atom. The zero-order valence-corrected chi connectivity index (χ0v) is 9.81. The van der Waals surface area contributed by atoms with Gasteiger partial charge in [0.05, 0.1) is 5.56 Å². The first-order chi connectivity index (χ1) is 7.13. The van der Waals surface area contributed by atoms with Crippen LogP contribution in [0.3, 0.4) is 0 Å². The molecule has 0 atom stereocenters. The van der Waals surface area contributed by atoms with E-state index in [0.29, 0.717) is 5.56 Å². The van der Waals surface area contributed by atoms with E-state index in [9.17, 15) is 4.79 Å². The van der Waals surface area contributed by atoms with Crippen LogP contribution in [-0.2, 0) is 0 Å². The fourth-order valence-corrected chi connectivity index (χ4v) is 1.90. The summed E-state index contributed by atoms with van der Waals surface area (Å²) in [6.45, 7) is 1.95. The molecule has 1 rings (SSSR count). The first-order valence-electron chi connectivity index (χ1n) is 4.35. The second-order valence-corrected chi connectivity index (χ2v) is 4.34. The van der Waals surface area contributed by atoms with Crippen molar-refractivity contribution in [1.29, 1.82) is 0 Å². The first-order valence-corrected chi connectivity index (χ1v) is 5.77. The molecule has 2 nitrogen and oxygen atoms in total. The molecule has 0 heterocycles. The Kier molecular flexibility index (Phi) is 4.72. The van der Waals surface area contributed by atoms with E-state index in [2.05, 4.69) is 0 Å². The number of hydrogen-bond acceptors (Lipinski definition) is 2. The summed E-state index contributed by atoms with van der Waals surface area (Å²) in [5.41, 5.74) is 2.95. The van der Waals surface area contributed by atoms with Crippen LogP contribution in [0.5, 0.6) is 0 Å².